The van der Waals surface area contributed by atoms with Crippen LogP contribution in [0.3, 0.4) is 0 Å². The number of carbonyl (C=O) groups excluding carboxylic acids is 1. The average molecular weight is 441 g/mol. The topological polar surface area (TPSA) is 64.3 Å². The number of benzene rings is 2. The lowest BCUT2D eigenvalue weighted by molar-refractivity contribution is -0.138. The number of allylic oxidation sites excluding steroid dienone is 2. The van der Waals surface area contributed by atoms with Crippen molar-refractivity contribution in [3.8, 4) is 0 Å². The molecule has 3 N–H and O–H groups in total. The number of nitrogens with two attached hydrogens (primary N) is 1. The third kappa shape index (κ3) is 3.87. The van der Waals surface area contributed by atoms with Crippen LogP contribution in [0.2, 0.25) is 5.02 Å². The van der Waals surface area contributed by atoms with Gasteiger partial charge in [0.2, 0.25) is 0 Å². The third-order valence-electron chi connectivity index (χ3n) is 4.63. The lowest BCUT2D eigenvalue weighted by atomic mass is 9.83. The molecule has 2 aromatic rings. The van der Waals surface area contributed by atoms with Crippen molar-refractivity contribution in [2.75, 3.05) is 6.61 Å². The van der Waals surface area contributed by atoms with Crippen LogP contribution in [0.1, 0.15) is 30.9 Å². The molecule has 3 rings (SSSR count). The fourth-order valence-corrected chi connectivity index (χ4v) is 3.65. The van der Waals surface area contributed by atoms with Crippen molar-refractivity contribution in [2.45, 2.75) is 19.8 Å². The molecule has 1 aliphatic heterocycles. The second kappa shape index (κ2) is 8.39. The molecular formula is C21H17ClF4N2O2. The fraction of sp³-hybridized carbons (Fsp3) is 0.190. The van der Waals surface area contributed by atoms with E-state index in [0.29, 0.717) is 12.1 Å². The van der Waals surface area contributed by atoms with Gasteiger partial charge < -0.3 is 15.8 Å². The summed E-state index contributed by atoms with van der Waals surface area (Å²) < 4.78 is 60.9. The molecule has 9 heteroatoms. The third-order valence-corrected chi connectivity index (χ3v) is 4.96. The summed E-state index contributed by atoms with van der Waals surface area (Å²) in [6.45, 7) is 3.16. The first-order valence-electron chi connectivity index (χ1n) is 8.90. The highest BCUT2D eigenvalue weighted by atomic mass is 35.5. The smallest absolute Gasteiger partial charge is 0.336 e. The zero-order valence-corrected chi connectivity index (χ0v) is 16.7. The van der Waals surface area contributed by atoms with Crippen LogP contribution >= 0.6 is 11.6 Å². The van der Waals surface area contributed by atoms with E-state index in [1.54, 1.807) is 6.92 Å². The molecule has 0 bridgehead atoms. The summed E-state index contributed by atoms with van der Waals surface area (Å²) in [7, 11) is 0. The maximum absolute atomic E-state index is 14.4. The first kappa shape index (κ1) is 21.7. The van der Waals surface area contributed by atoms with Gasteiger partial charge in [-0.2, -0.15) is 0 Å². The molecule has 2 aromatic carbocycles. The number of nitrogens with one attached hydrogen (secondary N) is 1. The Labute approximate surface area is 175 Å². The Morgan fingerprint density at radius 1 is 1.13 bits per heavy atom. The molecule has 0 saturated heterocycles. The number of esters is 1. The van der Waals surface area contributed by atoms with Crippen LogP contribution in [0.15, 0.2) is 47.3 Å². The number of halogens is 5. The Morgan fingerprint density at radius 2 is 1.77 bits per heavy atom. The Balaban J connectivity index is 2.28. The summed E-state index contributed by atoms with van der Waals surface area (Å²) in [4.78, 5) is 12.6. The second-order valence-electron chi connectivity index (χ2n) is 6.56. The summed E-state index contributed by atoms with van der Waals surface area (Å²) in [5.41, 5.74) is 5.78. The Hall–Kier alpha value is -3.00. The van der Waals surface area contributed by atoms with Crippen LogP contribution in [-0.4, -0.2) is 12.6 Å². The quantitative estimate of drug-likeness (QED) is 0.532. The van der Waals surface area contributed by atoms with Gasteiger partial charge in [-0.15, -0.1) is 0 Å². The van der Waals surface area contributed by atoms with E-state index in [9.17, 15) is 22.4 Å². The number of hydrogen-bond donors (Lipinski definition) is 2. The van der Waals surface area contributed by atoms with Gasteiger partial charge in [-0.25, -0.2) is 22.4 Å². The predicted octanol–water partition coefficient (Wildman–Crippen LogP) is 4.75. The summed E-state index contributed by atoms with van der Waals surface area (Å²) in [6.07, 6.45) is 0. The minimum atomic E-state index is -1.19. The van der Waals surface area contributed by atoms with Gasteiger partial charge in [0.15, 0.2) is 0 Å². The molecule has 158 valence electrons. The number of dihydropyridines is 1. The molecular weight excluding hydrogens is 424 g/mol. The highest BCUT2D eigenvalue weighted by molar-refractivity contribution is 6.31. The maximum Gasteiger partial charge on any atom is 0.336 e. The summed E-state index contributed by atoms with van der Waals surface area (Å²) in [5.74, 6) is -5.90. The molecule has 0 saturated carbocycles. The Morgan fingerprint density at radius 3 is 2.33 bits per heavy atom. The zero-order chi connectivity index (χ0) is 22.2. The van der Waals surface area contributed by atoms with E-state index in [1.807, 2.05) is 0 Å². The SMILES string of the molecule is CCOC(=O)C1=C(C)NC(c2c(F)cc(F)cc2F)=C(N)C1c1ccc(F)cc1Cl. The molecule has 0 radical (unpaired) electrons. The Bertz CT molecular complexity index is 1080. The van der Waals surface area contributed by atoms with Gasteiger partial charge in [-0.05, 0) is 31.5 Å². The van der Waals surface area contributed by atoms with Crippen molar-refractivity contribution < 1.29 is 27.1 Å². The average Bonchev–Trinajstić information content (AvgIpc) is 2.63. The van der Waals surface area contributed by atoms with Crippen LogP contribution in [0.25, 0.3) is 5.70 Å². The van der Waals surface area contributed by atoms with E-state index in [1.165, 1.54) is 13.0 Å². The molecule has 0 amide bonds. The van der Waals surface area contributed by atoms with Crippen molar-refractivity contribution in [1.29, 1.82) is 0 Å². The lowest BCUT2D eigenvalue weighted by Crippen LogP contribution is -2.33. The van der Waals surface area contributed by atoms with Gasteiger partial charge in [-0.1, -0.05) is 17.7 Å². The second-order valence-corrected chi connectivity index (χ2v) is 6.96. The van der Waals surface area contributed by atoms with E-state index < -0.39 is 40.7 Å². The van der Waals surface area contributed by atoms with Gasteiger partial charge >= 0.3 is 5.97 Å². The van der Waals surface area contributed by atoms with Crippen molar-refractivity contribution in [2.24, 2.45) is 5.73 Å². The summed E-state index contributed by atoms with van der Waals surface area (Å²) >= 11 is 6.19. The predicted molar refractivity (Wildman–Crippen MR) is 104 cm³/mol. The van der Waals surface area contributed by atoms with Crippen molar-refractivity contribution in [3.63, 3.8) is 0 Å². The number of ether oxygens (including phenoxy) is 1. The van der Waals surface area contributed by atoms with E-state index >= 15 is 0 Å². The van der Waals surface area contributed by atoms with Gasteiger partial charge in [0.1, 0.15) is 23.3 Å². The number of rotatable bonds is 4. The van der Waals surface area contributed by atoms with Crippen LogP contribution < -0.4 is 11.1 Å². The van der Waals surface area contributed by atoms with E-state index in [4.69, 9.17) is 22.1 Å². The zero-order valence-electron chi connectivity index (χ0n) is 16.0. The van der Waals surface area contributed by atoms with Crippen molar-refractivity contribution >= 4 is 23.3 Å². The molecule has 0 aromatic heterocycles. The summed E-state index contributed by atoms with van der Waals surface area (Å²) in [6, 6.07) is 4.50. The molecule has 30 heavy (non-hydrogen) atoms. The molecule has 4 nitrogen and oxygen atoms in total. The standard InChI is InChI=1S/C21H17ClF4N2O2/c1-3-30-21(29)16-9(2)28-20(18-14(25)7-11(24)8-15(18)26)19(27)17(16)12-5-4-10(23)6-13(12)22/h4-8,17,28H,3,27H2,1-2H3. The van der Waals surface area contributed by atoms with Crippen molar-refractivity contribution in [1.82, 2.24) is 5.32 Å². The summed E-state index contributed by atoms with van der Waals surface area (Å²) in [5, 5.41) is 2.67. The first-order valence-corrected chi connectivity index (χ1v) is 9.27. The molecule has 0 spiro atoms. The molecule has 0 fully saturated rings. The monoisotopic (exact) mass is 440 g/mol. The molecule has 1 atom stereocenters. The first-order chi connectivity index (χ1) is 14.1. The Kier molecular flexibility index (Phi) is 6.07. The largest absolute Gasteiger partial charge is 0.463 e. The van der Waals surface area contributed by atoms with Crippen LogP contribution in [0.5, 0.6) is 0 Å². The normalized spacial score (nSPS) is 16.6. The van der Waals surface area contributed by atoms with Crippen LogP contribution in [0.4, 0.5) is 17.6 Å². The molecule has 0 aliphatic carbocycles. The molecule has 1 unspecified atom stereocenters. The highest BCUT2D eigenvalue weighted by Crippen LogP contribution is 2.42. The number of carbonyl (C=O) groups is 1. The van der Waals surface area contributed by atoms with E-state index in [0.717, 1.165) is 12.1 Å². The molecule has 1 aliphatic rings. The minimum Gasteiger partial charge on any atom is -0.463 e. The fourth-order valence-electron chi connectivity index (χ4n) is 3.37. The lowest BCUT2D eigenvalue weighted by Gasteiger charge is -2.31. The van der Waals surface area contributed by atoms with E-state index in [-0.39, 0.29) is 39.9 Å². The van der Waals surface area contributed by atoms with Crippen LogP contribution in [-0.2, 0) is 9.53 Å². The van der Waals surface area contributed by atoms with Crippen molar-refractivity contribution in [3.05, 3.63) is 86.7 Å². The minimum absolute atomic E-state index is 0.0427. The molecule has 1 heterocycles. The van der Waals surface area contributed by atoms with Crippen LogP contribution in [0, 0.1) is 23.3 Å². The van der Waals surface area contributed by atoms with Gasteiger partial charge in [0, 0.05) is 28.5 Å². The van der Waals surface area contributed by atoms with E-state index in [2.05, 4.69) is 5.32 Å². The van der Waals surface area contributed by atoms with Gasteiger partial charge in [-0.3, -0.25) is 0 Å². The highest BCUT2D eigenvalue weighted by Gasteiger charge is 2.36. The van der Waals surface area contributed by atoms with Gasteiger partial charge in [0.05, 0.1) is 29.4 Å². The van der Waals surface area contributed by atoms with Gasteiger partial charge in [0.25, 0.3) is 0 Å². The maximum atomic E-state index is 14.4. The number of hydrogen-bond acceptors (Lipinski definition) is 4.